The molecule has 0 bridgehead atoms. The summed E-state index contributed by atoms with van der Waals surface area (Å²) in [7, 11) is 3.15. The summed E-state index contributed by atoms with van der Waals surface area (Å²) >= 11 is 0. The average molecular weight is 405 g/mol. The predicted octanol–water partition coefficient (Wildman–Crippen LogP) is 3.05. The Labute approximate surface area is 174 Å². The number of aryl methyl sites for hydroxylation is 2. The van der Waals surface area contributed by atoms with Gasteiger partial charge in [-0.2, -0.15) is 5.10 Å². The van der Waals surface area contributed by atoms with Crippen molar-refractivity contribution in [3.63, 3.8) is 0 Å². The number of carbonyl (C=O) groups excluding carboxylic acids is 1. The Morgan fingerprint density at radius 1 is 1.13 bits per heavy atom. The monoisotopic (exact) mass is 405 g/mol. The highest BCUT2D eigenvalue weighted by molar-refractivity contribution is 5.94. The molecule has 0 spiro atoms. The SMILES string of the molecule is COc1ccc(/C=N\NC(=O)c2cccn(C)c2=O)cc1OCc1ccc(C)cc1. The van der Waals surface area contributed by atoms with Gasteiger partial charge in [0.2, 0.25) is 0 Å². The summed E-state index contributed by atoms with van der Waals surface area (Å²) in [5, 5.41) is 3.94. The molecule has 154 valence electrons. The lowest BCUT2D eigenvalue weighted by Gasteiger charge is -2.11. The molecule has 0 saturated heterocycles. The summed E-state index contributed by atoms with van der Waals surface area (Å²) in [5.41, 5.74) is 4.94. The van der Waals surface area contributed by atoms with Crippen molar-refractivity contribution in [3.8, 4) is 11.5 Å². The van der Waals surface area contributed by atoms with Crippen LogP contribution in [0.25, 0.3) is 0 Å². The van der Waals surface area contributed by atoms with Gasteiger partial charge in [-0.1, -0.05) is 29.8 Å². The Hall–Kier alpha value is -3.87. The fraction of sp³-hybridized carbons (Fsp3) is 0.174. The van der Waals surface area contributed by atoms with Crippen LogP contribution in [0.3, 0.4) is 0 Å². The number of hydrazone groups is 1. The second-order valence-electron chi connectivity index (χ2n) is 6.72. The molecule has 0 aliphatic rings. The highest BCUT2D eigenvalue weighted by atomic mass is 16.5. The molecule has 1 heterocycles. The van der Waals surface area contributed by atoms with E-state index < -0.39 is 5.91 Å². The fourth-order valence-electron chi connectivity index (χ4n) is 2.73. The average Bonchev–Trinajstić information content (AvgIpc) is 2.75. The number of benzene rings is 2. The fourth-order valence-corrected chi connectivity index (χ4v) is 2.73. The third kappa shape index (κ3) is 5.14. The van der Waals surface area contributed by atoms with Crippen molar-refractivity contribution in [2.45, 2.75) is 13.5 Å². The van der Waals surface area contributed by atoms with Crippen LogP contribution in [0, 0.1) is 6.92 Å². The van der Waals surface area contributed by atoms with Gasteiger partial charge in [0, 0.05) is 13.2 Å². The smallest absolute Gasteiger partial charge is 0.276 e. The number of hydrogen-bond donors (Lipinski definition) is 1. The molecule has 0 fully saturated rings. The summed E-state index contributed by atoms with van der Waals surface area (Å²) in [6, 6.07) is 16.5. The first-order chi connectivity index (χ1) is 14.5. The Balaban J connectivity index is 1.69. The number of aromatic nitrogens is 1. The maximum absolute atomic E-state index is 12.2. The maximum atomic E-state index is 12.2. The number of nitrogens with one attached hydrogen (secondary N) is 1. The molecule has 7 nitrogen and oxygen atoms in total. The van der Waals surface area contributed by atoms with Gasteiger partial charge in [0.05, 0.1) is 13.3 Å². The van der Waals surface area contributed by atoms with Gasteiger partial charge in [-0.15, -0.1) is 0 Å². The molecule has 0 aliphatic carbocycles. The lowest BCUT2D eigenvalue weighted by Crippen LogP contribution is -2.29. The van der Waals surface area contributed by atoms with Crippen LogP contribution in [0.2, 0.25) is 0 Å². The quantitative estimate of drug-likeness (QED) is 0.484. The first kappa shape index (κ1) is 20.9. The third-order valence-corrected chi connectivity index (χ3v) is 4.45. The van der Waals surface area contributed by atoms with E-state index in [-0.39, 0.29) is 11.1 Å². The molecular weight excluding hydrogens is 382 g/mol. The van der Waals surface area contributed by atoms with Gasteiger partial charge in [-0.05, 0) is 48.4 Å². The summed E-state index contributed by atoms with van der Waals surface area (Å²) in [4.78, 5) is 24.2. The Bertz CT molecular complexity index is 1120. The summed E-state index contributed by atoms with van der Waals surface area (Å²) in [5.74, 6) is 0.582. The van der Waals surface area contributed by atoms with Crippen LogP contribution < -0.4 is 20.5 Å². The standard InChI is InChI=1S/C23H23N3O4/c1-16-6-8-17(9-7-16)15-30-21-13-18(10-11-20(21)29-3)14-24-25-22(27)19-5-4-12-26(2)23(19)28/h4-14H,15H2,1-3H3,(H,25,27)/b24-14-. The van der Waals surface area contributed by atoms with Crippen LogP contribution in [0.15, 0.2) is 70.7 Å². The molecule has 2 aromatic carbocycles. The Morgan fingerprint density at radius 2 is 1.90 bits per heavy atom. The van der Waals surface area contributed by atoms with E-state index in [1.807, 2.05) is 31.2 Å². The zero-order chi connectivity index (χ0) is 21.5. The molecule has 30 heavy (non-hydrogen) atoms. The highest BCUT2D eigenvalue weighted by Gasteiger charge is 2.10. The van der Waals surface area contributed by atoms with Gasteiger partial charge in [-0.3, -0.25) is 9.59 Å². The lowest BCUT2D eigenvalue weighted by molar-refractivity contribution is 0.0953. The topological polar surface area (TPSA) is 81.9 Å². The van der Waals surface area contributed by atoms with Crippen LogP contribution in [0.1, 0.15) is 27.0 Å². The number of rotatable bonds is 7. The van der Waals surface area contributed by atoms with E-state index in [1.54, 1.807) is 44.6 Å². The van der Waals surface area contributed by atoms with Crippen LogP contribution >= 0.6 is 0 Å². The predicted molar refractivity (Wildman–Crippen MR) is 115 cm³/mol. The molecule has 0 radical (unpaired) electrons. The van der Waals surface area contributed by atoms with E-state index in [0.717, 1.165) is 5.56 Å². The van der Waals surface area contributed by atoms with Gasteiger partial charge in [0.1, 0.15) is 12.2 Å². The molecule has 1 N–H and O–H groups in total. The van der Waals surface area contributed by atoms with Gasteiger partial charge < -0.3 is 14.0 Å². The second kappa shape index (κ2) is 9.56. The van der Waals surface area contributed by atoms with Crippen molar-refractivity contribution in [2.24, 2.45) is 12.1 Å². The second-order valence-corrected chi connectivity index (χ2v) is 6.72. The molecule has 0 saturated carbocycles. The van der Waals surface area contributed by atoms with Crippen molar-refractivity contribution in [1.29, 1.82) is 0 Å². The first-order valence-electron chi connectivity index (χ1n) is 9.33. The largest absolute Gasteiger partial charge is 0.493 e. The Morgan fingerprint density at radius 3 is 2.63 bits per heavy atom. The molecule has 0 aliphatic heterocycles. The third-order valence-electron chi connectivity index (χ3n) is 4.45. The zero-order valence-electron chi connectivity index (χ0n) is 17.1. The number of carbonyl (C=O) groups is 1. The molecule has 3 aromatic rings. The molecule has 0 unspecified atom stereocenters. The summed E-state index contributed by atoms with van der Waals surface area (Å²) in [6.45, 7) is 2.43. The van der Waals surface area contributed by atoms with E-state index in [1.165, 1.54) is 22.4 Å². The maximum Gasteiger partial charge on any atom is 0.276 e. The number of amides is 1. The molecule has 3 rings (SSSR count). The normalized spacial score (nSPS) is 10.8. The first-order valence-corrected chi connectivity index (χ1v) is 9.33. The zero-order valence-corrected chi connectivity index (χ0v) is 17.1. The number of nitrogens with zero attached hydrogens (tertiary/aromatic N) is 2. The lowest BCUT2D eigenvalue weighted by atomic mass is 10.1. The van der Waals surface area contributed by atoms with Crippen LogP contribution in [0.5, 0.6) is 11.5 Å². The number of ether oxygens (including phenoxy) is 2. The Kier molecular flexibility index (Phi) is 6.64. The van der Waals surface area contributed by atoms with E-state index in [4.69, 9.17) is 9.47 Å². The van der Waals surface area contributed by atoms with E-state index >= 15 is 0 Å². The van der Waals surface area contributed by atoms with Gasteiger partial charge in [0.25, 0.3) is 11.5 Å². The highest BCUT2D eigenvalue weighted by Crippen LogP contribution is 2.28. The van der Waals surface area contributed by atoms with Crippen molar-refractivity contribution in [1.82, 2.24) is 9.99 Å². The minimum absolute atomic E-state index is 0.0222. The van der Waals surface area contributed by atoms with E-state index in [2.05, 4.69) is 10.5 Å². The molecule has 7 heteroatoms. The van der Waals surface area contributed by atoms with Crippen LogP contribution in [-0.4, -0.2) is 23.8 Å². The van der Waals surface area contributed by atoms with Crippen LogP contribution in [-0.2, 0) is 13.7 Å². The van der Waals surface area contributed by atoms with E-state index in [0.29, 0.717) is 23.7 Å². The number of hydrogen-bond acceptors (Lipinski definition) is 5. The van der Waals surface area contributed by atoms with Crippen LogP contribution in [0.4, 0.5) is 0 Å². The van der Waals surface area contributed by atoms with Gasteiger partial charge >= 0.3 is 0 Å². The number of methoxy groups -OCH3 is 1. The minimum atomic E-state index is -0.572. The summed E-state index contributed by atoms with van der Waals surface area (Å²) < 4.78 is 12.6. The van der Waals surface area contributed by atoms with Crippen molar-refractivity contribution >= 4 is 12.1 Å². The molecular formula is C23H23N3O4. The van der Waals surface area contributed by atoms with E-state index in [9.17, 15) is 9.59 Å². The minimum Gasteiger partial charge on any atom is -0.493 e. The summed E-state index contributed by atoms with van der Waals surface area (Å²) in [6.07, 6.45) is 3.06. The molecule has 0 atom stereocenters. The van der Waals surface area contributed by atoms with Crippen molar-refractivity contribution in [3.05, 3.63) is 93.4 Å². The molecule has 1 amide bonds. The van der Waals surface area contributed by atoms with Crippen molar-refractivity contribution in [2.75, 3.05) is 7.11 Å². The van der Waals surface area contributed by atoms with Crippen molar-refractivity contribution < 1.29 is 14.3 Å². The van der Waals surface area contributed by atoms with Gasteiger partial charge in [0.15, 0.2) is 11.5 Å². The van der Waals surface area contributed by atoms with Gasteiger partial charge in [-0.25, -0.2) is 5.43 Å². The number of pyridine rings is 1. The molecule has 1 aromatic heterocycles.